The van der Waals surface area contributed by atoms with E-state index in [9.17, 15) is 9.59 Å². The van der Waals surface area contributed by atoms with Crippen molar-refractivity contribution < 1.29 is 14.3 Å². The minimum atomic E-state index is -0.431. The molecule has 1 amide bonds. The molecule has 0 radical (unpaired) electrons. The van der Waals surface area contributed by atoms with Crippen LogP contribution in [0.15, 0.2) is 24.3 Å². The smallest absolute Gasteiger partial charge is 0.355 e. The van der Waals surface area contributed by atoms with Crippen molar-refractivity contribution in [2.75, 3.05) is 13.7 Å². The fourth-order valence-corrected chi connectivity index (χ4v) is 2.90. The summed E-state index contributed by atoms with van der Waals surface area (Å²) in [6, 6.07) is 8.26. The van der Waals surface area contributed by atoms with Crippen molar-refractivity contribution in [3.63, 3.8) is 0 Å². The van der Waals surface area contributed by atoms with Crippen LogP contribution in [0.1, 0.15) is 57.1 Å². The molecule has 0 aliphatic carbocycles. The maximum atomic E-state index is 12.9. The Bertz CT molecular complexity index is 760. The molecule has 5 heteroatoms. The molecule has 0 bridgehead atoms. The summed E-state index contributed by atoms with van der Waals surface area (Å²) in [6.45, 7) is 8.25. The van der Waals surface area contributed by atoms with Gasteiger partial charge in [-0.25, -0.2) is 4.79 Å². The lowest BCUT2D eigenvalue weighted by molar-refractivity contribution is 0.0519. The van der Waals surface area contributed by atoms with Gasteiger partial charge in [0.15, 0.2) is 0 Å². The van der Waals surface area contributed by atoms with Crippen molar-refractivity contribution in [3.05, 3.63) is 57.9 Å². The molecule has 2 rings (SSSR count). The number of carbonyl (C=O) groups excluding carboxylic acids is 2. The Morgan fingerprint density at radius 1 is 1.08 bits per heavy atom. The molecule has 0 spiro atoms. The van der Waals surface area contributed by atoms with Gasteiger partial charge in [0.25, 0.3) is 5.91 Å². The summed E-state index contributed by atoms with van der Waals surface area (Å²) in [6.07, 6.45) is 0.993. The molecular formula is C20H26N2O3. The first kappa shape index (κ1) is 18.8. The van der Waals surface area contributed by atoms with Crippen molar-refractivity contribution in [1.29, 1.82) is 0 Å². The number of benzene rings is 1. The standard InChI is InChI=1S/C20H26N2O3/c1-6-15-8-10-16(11-9-15)12-22(5)19(23)17-13(3)18(21-14(17)4)20(24)25-7-2/h8-11,21H,6-7,12H2,1-5H3. The molecule has 0 aliphatic rings. The van der Waals surface area contributed by atoms with E-state index >= 15 is 0 Å². The Labute approximate surface area is 149 Å². The summed E-state index contributed by atoms with van der Waals surface area (Å²) in [5, 5.41) is 0. The molecule has 25 heavy (non-hydrogen) atoms. The van der Waals surface area contributed by atoms with Gasteiger partial charge >= 0.3 is 5.97 Å². The van der Waals surface area contributed by atoms with E-state index in [0.29, 0.717) is 35.7 Å². The van der Waals surface area contributed by atoms with Gasteiger partial charge in [-0.1, -0.05) is 31.2 Å². The number of hydrogen-bond acceptors (Lipinski definition) is 3. The maximum Gasteiger partial charge on any atom is 0.355 e. The molecule has 0 unspecified atom stereocenters. The summed E-state index contributed by atoms with van der Waals surface area (Å²) in [5.41, 5.74) is 4.55. The van der Waals surface area contributed by atoms with Gasteiger partial charge < -0.3 is 14.6 Å². The molecule has 0 atom stereocenters. The largest absolute Gasteiger partial charge is 0.461 e. The SMILES string of the molecule is CCOC(=O)c1[nH]c(C)c(C(=O)N(C)Cc2ccc(CC)cc2)c1C. The van der Waals surface area contributed by atoms with Crippen molar-refractivity contribution in [2.45, 2.75) is 40.7 Å². The van der Waals surface area contributed by atoms with Gasteiger partial charge in [-0.3, -0.25) is 4.79 Å². The predicted molar refractivity (Wildman–Crippen MR) is 97.8 cm³/mol. The van der Waals surface area contributed by atoms with E-state index in [4.69, 9.17) is 4.74 Å². The second-order valence-corrected chi connectivity index (χ2v) is 6.18. The topological polar surface area (TPSA) is 62.4 Å². The van der Waals surface area contributed by atoms with Gasteiger partial charge in [0.2, 0.25) is 0 Å². The normalized spacial score (nSPS) is 10.6. The molecule has 2 aromatic rings. The fourth-order valence-electron chi connectivity index (χ4n) is 2.90. The van der Waals surface area contributed by atoms with Crippen molar-refractivity contribution >= 4 is 11.9 Å². The molecule has 5 nitrogen and oxygen atoms in total. The first-order chi connectivity index (χ1) is 11.9. The Morgan fingerprint density at radius 2 is 1.68 bits per heavy atom. The highest BCUT2D eigenvalue weighted by molar-refractivity contribution is 6.01. The van der Waals surface area contributed by atoms with E-state index in [1.165, 1.54) is 5.56 Å². The highest BCUT2D eigenvalue weighted by Crippen LogP contribution is 2.21. The number of nitrogens with zero attached hydrogens (tertiary/aromatic N) is 1. The zero-order valence-electron chi connectivity index (χ0n) is 15.6. The highest BCUT2D eigenvalue weighted by Gasteiger charge is 2.24. The summed E-state index contributed by atoms with van der Waals surface area (Å²) in [5.74, 6) is -0.540. The van der Waals surface area contributed by atoms with Gasteiger partial charge in [0.1, 0.15) is 5.69 Å². The number of amides is 1. The Balaban J connectivity index is 2.19. The van der Waals surface area contributed by atoms with Crippen LogP contribution >= 0.6 is 0 Å². The van der Waals surface area contributed by atoms with E-state index in [-0.39, 0.29) is 5.91 Å². The highest BCUT2D eigenvalue weighted by atomic mass is 16.5. The third kappa shape index (κ3) is 4.10. The predicted octanol–water partition coefficient (Wildman–Crippen LogP) is 3.64. The molecule has 1 heterocycles. The van der Waals surface area contributed by atoms with Crippen LogP contribution in [-0.2, 0) is 17.7 Å². The zero-order valence-corrected chi connectivity index (χ0v) is 15.6. The number of hydrogen-bond donors (Lipinski definition) is 1. The minimum Gasteiger partial charge on any atom is -0.461 e. The van der Waals surface area contributed by atoms with E-state index in [1.54, 1.807) is 32.7 Å². The molecule has 0 fully saturated rings. The van der Waals surface area contributed by atoms with Gasteiger partial charge in [-0.05, 0) is 43.9 Å². The first-order valence-electron chi connectivity index (χ1n) is 8.58. The van der Waals surface area contributed by atoms with E-state index in [2.05, 4.69) is 24.0 Å². The Hall–Kier alpha value is -2.56. The zero-order chi connectivity index (χ0) is 18.6. The van der Waals surface area contributed by atoms with Crippen LogP contribution in [-0.4, -0.2) is 35.4 Å². The number of aromatic nitrogens is 1. The molecule has 0 saturated heterocycles. The minimum absolute atomic E-state index is 0.110. The Morgan fingerprint density at radius 3 is 2.24 bits per heavy atom. The van der Waals surface area contributed by atoms with Crippen LogP contribution in [0, 0.1) is 13.8 Å². The number of carbonyl (C=O) groups is 2. The lowest BCUT2D eigenvalue weighted by Crippen LogP contribution is -2.27. The number of ether oxygens (including phenoxy) is 1. The average Bonchev–Trinajstić information content (AvgIpc) is 2.89. The molecule has 0 saturated carbocycles. The van der Waals surface area contributed by atoms with E-state index in [0.717, 1.165) is 12.0 Å². The van der Waals surface area contributed by atoms with Gasteiger partial charge in [-0.15, -0.1) is 0 Å². The van der Waals surface area contributed by atoms with Crippen LogP contribution in [0.4, 0.5) is 0 Å². The number of esters is 1. The monoisotopic (exact) mass is 342 g/mol. The summed E-state index contributed by atoms with van der Waals surface area (Å²) >= 11 is 0. The molecule has 1 N–H and O–H groups in total. The van der Waals surface area contributed by atoms with E-state index < -0.39 is 5.97 Å². The number of aromatic amines is 1. The maximum absolute atomic E-state index is 12.9. The molecule has 1 aromatic heterocycles. The molecule has 1 aromatic carbocycles. The number of aryl methyl sites for hydroxylation is 2. The third-order valence-electron chi connectivity index (χ3n) is 4.33. The first-order valence-corrected chi connectivity index (χ1v) is 8.58. The Kier molecular flexibility index (Phi) is 6.02. The molecule has 0 aliphatic heterocycles. The van der Waals surface area contributed by atoms with Crippen molar-refractivity contribution in [3.8, 4) is 0 Å². The quantitative estimate of drug-likeness (QED) is 0.815. The second-order valence-electron chi connectivity index (χ2n) is 6.18. The van der Waals surface area contributed by atoms with Crippen LogP contribution < -0.4 is 0 Å². The lowest BCUT2D eigenvalue weighted by atomic mass is 10.1. The summed E-state index contributed by atoms with van der Waals surface area (Å²) in [7, 11) is 1.77. The van der Waals surface area contributed by atoms with Crippen LogP contribution in [0.5, 0.6) is 0 Å². The third-order valence-corrected chi connectivity index (χ3v) is 4.33. The van der Waals surface area contributed by atoms with Crippen molar-refractivity contribution in [1.82, 2.24) is 9.88 Å². The fraction of sp³-hybridized carbons (Fsp3) is 0.400. The van der Waals surface area contributed by atoms with Gasteiger partial charge in [0.05, 0.1) is 12.2 Å². The molecular weight excluding hydrogens is 316 g/mol. The summed E-state index contributed by atoms with van der Waals surface area (Å²) in [4.78, 5) is 29.5. The van der Waals surface area contributed by atoms with Crippen LogP contribution in [0.25, 0.3) is 0 Å². The number of H-pyrrole nitrogens is 1. The van der Waals surface area contributed by atoms with Crippen molar-refractivity contribution in [2.24, 2.45) is 0 Å². The van der Waals surface area contributed by atoms with Gasteiger partial charge in [0, 0.05) is 19.3 Å². The summed E-state index contributed by atoms with van der Waals surface area (Å²) < 4.78 is 5.04. The van der Waals surface area contributed by atoms with Crippen LogP contribution in [0.3, 0.4) is 0 Å². The van der Waals surface area contributed by atoms with E-state index in [1.807, 2.05) is 12.1 Å². The average molecular weight is 342 g/mol. The number of nitrogens with one attached hydrogen (secondary N) is 1. The number of rotatable bonds is 6. The molecule has 134 valence electrons. The van der Waals surface area contributed by atoms with Crippen LogP contribution in [0.2, 0.25) is 0 Å². The lowest BCUT2D eigenvalue weighted by Gasteiger charge is -2.18. The second kappa shape index (κ2) is 8.01. The van der Waals surface area contributed by atoms with Gasteiger partial charge in [-0.2, -0.15) is 0 Å².